The predicted molar refractivity (Wildman–Crippen MR) is 116 cm³/mol. The average Bonchev–Trinajstić information content (AvgIpc) is 2.78. The highest BCUT2D eigenvalue weighted by Crippen LogP contribution is 2.26. The molecular formula is C22H26N2O4S. The summed E-state index contributed by atoms with van der Waals surface area (Å²) >= 11 is 1.55. The molecule has 1 N–H and O–H groups in total. The molecule has 154 valence electrons. The van der Waals surface area contributed by atoms with Crippen molar-refractivity contribution in [3.63, 3.8) is 0 Å². The summed E-state index contributed by atoms with van der Waals surface area (Å²) in [5.41, 5.74) is 2.13. The van der Waals surface area contributed by atoms with Gasteiger partial charge in [0.1, 0.15) is 11.3 Å². The second-order valence-corrected chi connectivity index (χ2v) is 7.66. The lowest BCUT2D eigenvalue weighted by molar-refractivity contribution is -0.119. The van der Waals surface area contributed by atoms with Crippen molar-refractivity contribution < 1.29 is 19.1 Å². The highest BCUT2D eigenvalue weighted by molar-refractivity contribution is 7.98. The van der Waals surface area contributed by atoms with Gasteiger partial charge >= 0.3 is 5.97 Å². The normalized spacial score (nSPS) is 13.7. The highest BCUT2D eigenvalue weighted by atomic mass is 32.2. The monoisotopic (exact) mass is 414 g/mol. The summed E-state index contributed by atoms with van der Waals surface area (Å²) in [5.74, 6) is -0.551. The Kier molecular flexibility index (Phi) is 7.41. The van der Waals surface area contributed by atoms with E-state index >= 15 is 0 Å². The molecule has 0 aromatic heterocycles. The van der Waals surface area contributed by atoms with Gasteiger partial charge in [0.2, 0.25) is 0 Å². The van der Waals surface area contributed by atoms with Crippen LogP contribution in [0.15, 0.2) is 47.4 Å². The molecule has 1 heterocycles. The van der Waals surface area contributed by atoms with Gasteiger partial charge in [0, 0.05) is 29.4 Å². The Morgan fingerprint density at radius 3 is 2.45 bits per heavy atom. The van der Waals surface area contributed by atoms with Gasteiger partial charge in [-0.3, -0.25) is 4.79 Å². The number of carbonyl (C=O) groups excluding carboxylic acids is 2. The van der Waals surface area contributed by atoms with E-state index in [1.807, 2.05) is 36.6 Å². The number of rotatable bonds is 7. The third kappa shape index (κ3) is 5.67. The van der Waals surface area contributed by atoms with Gasteiger partial charge < -0.3 is 19.7 Å². The SMILES string of the molecule is COc1cc(SC)ccc1C(=O)OCC(=O)Nc1ccc(N2CCCCC2)cc1. The van der Waals surface area contributed by atoms with Crippen LogP contribution in [0.2, 0.25) is 0 Å². The number of anilines is 2. The van der Waals surface area contributed by atoms with Crippen molar-refractivity contribution in [2.75, 3.05) is 43.3 Å². The Bertz CT molecular complexity index is 848. The van der Waals surface area contributed by atoms with Crippen LogP contribution in [-0.2, 0) is 9.53 Å². The fourth-order valence-corrected chi connectivity index (χ4v) is 3.71. The lowest BCUT2D eigenvalue weighted by Crippen LogP contribution is -2.29. The summed E-state index contributed by atoms with van der Waals surface area (Å²) < 4.78 is 10.4. The molecule has 1 amide bonds. The van der Waals surface area contributed by atoms with Crippen LogP contribution >= 0.6 is 11.8 Å². The number of piperidine rings is 1. The molecule has 3 rings (SSSR count). The van der Waals surface area contributed by atoms with Crippen molar-refractivity contribution in [1.82, 2.24) is 0 Å². The molecule has 0 spiro atoms. The molecule has 0 unspecified atom stereocenters. The van der Waals surface area contributed by atoms with Gasteiger partial charge in [-0.1, -0.05) is 0 Å². The minimum absolute atomic E-state index is 0.295. The number of methoxy groups -OCH3 is 1. The number of amides is 1. The van der Waals surface area contributed by atoms with E-state index in [1.165, 1.54) is 26.4 Å². The van der Waals surface area contributed by atoms with Gasteiger partial charge in [0.25, 0.3) is 5.91 Å². The molecule has 0 bridgehead atoms. The molecule has 1 aliphatic heterocycles. The van der Waals surface area contributed by atoms with Crippen molar-refractivity contribution in [1.29, 1.82) is 0 Å². The van der Waals surface area contributed by atoms with Gasteiger partial charge in [0.15, 0.2) is 6.61 Å². The average molecular weight is 415 g/mol. The fraction of sp³-hybridized carbons (Fsp3) is 0.364. The van der Waals surface area contributed by atoms with E-state index in [4.69, 9.17) is 9.47 Å². The maximum atomic E-state index is 12.3. The molecule has 0 aliphatic carbocycles. The first kappa shape index (κ1) is 21.0. The number of ether oxygens (including phenoxy) is 2. The van der Waals surface area contributed by atoms with E-state index in [2.05, 4.69) is 10.2 Å². The lowest BCUT2D eigenvalue weighted by Gasteiger charge is -2.28. The molecule has 1 fully saturated rings. The second-order valence-electron chi connectivity index (χ2n) is 6.79. The van der Waals surface area contributed by atoms with Crippen LogP contribution in [0.25, 0.3) is 0 Å². The lowest BCUT2D eigenvalue weighted by atomic mass is 10.1. The van der Waals surface area contributed by atoms with Crippen LogP contribution < -0.4 is 15.0 Å². The maximum absolute atomic E-state index is 12.3. The molecule has 29 heavy (non-hydrogen) atoms. The third-order valence-electron chi connectivity index (χ3n) is 4.84. The van der Waals surface area contributed by atoms with Crippen LogP contribution in [0.5, 0.6) is 5.75 Å². The van der Waals surface area contributed by atoms with Gasteiger partial charge in [-0.2, -0.15) is 0 Å². The predicted octanol–water partition coefficient (Wildman–Crippen LogP) is 4.20. The summed E-state index contributed by atoms with van der Waals surface area (Å²) in [6.45, 7) is 1.78. The zero-order valence-electron chi connectivity index (χ0n) is 16.8. The molecular weight excluding hydrogens is 388 g/mol. The summed E-state index contributed by atoms with van der Waals surface area (Å²) in [5, 5.41) is 2.76. The van der Waals surface area contributed by atoms with Crippen LogP contribution in [0.4, 0.5) is 11.4 Å². The van der Waals surface area contributed by atoms with E-state index in [0.717, 1.165) is 23.7 Å². The summed E-state index contributed by atoms with van der Waals surface area (Å²) in [6.07, 6.45) is 5.66. The van der Waals surface area contributed by atoms with E-state index in [9.17, 15) is 9.59 Å². The molecule has 7 heteroatoms. The first-order valence-electron chi connectivity index (χ1n) is 9.64. The zero-order valence-corrected chi connectivity index (χ0v) is 17.6. The molecule has 0 saturated carbocycles. The Hall–Kier alpha value is -2.67. The van der Waals surface area contributed by atoms with Crippen LogP contribution in [-0.4, -0.2) is 44.9 Å². The third-order valence-corrected chi connectivity index (χ3v) is 5.56. The van der Waals surface area contributed by atoms with E-state index in [-0.39, 0.29) is 12.5 Å². The van der Waals surface area contributed by atoms with Crippen molar-refractivity contribution in [3.8, 4) is 5.75 Å². The number of nitrogens with zero attached hydrogens (tertiary/aromatic N) is 1. The topological polar surface area (TPSA) is 67.9 Å². The van der Waals surface area contributed by atoms with Crippen LogP contribution in [0.1, 0.15) is 29.6 Å². The Labute approximate surface area is 175 Å². The first-order valence-corrected chi connectivity index (χ1v) is 10.9. The quantitative estimate of drug-likeness (QED) is 0.541. The maximum Gasteiger partial charge on any atom is 0.342 e. The fourth-order valence-electron chi connectivity index (χ4n) is 3.28. The summed E-state index contributed by atoms with van der Waals surface area (Å²) in [6, 6.07) is 13.0. The Balaban J connectivity index is 1.52. The Morgan fingerprint density at radius 2 is 1.79 bits per heavy atom. The zero-order chi connectivity index (χ0) is 20.6. The van der Waals surface area contributed by atoms with Crippen molar-refractivity contribution in [3.05, 3.63) is 48.0 Å². The number of hydrogen-bond donors (Lipinski definition) is 1. The largest absolute Gasteiger partial charge is 0.496 e. The van der Waals surface area contributed by atoms with E-state index in [1.54, 1.807) is 23.9 Å². The Morgan fingerprint density at radius 1 is 1.07 bits per heavy atom. The minimum atomic E-state index is -0.593. The van der Waals surface area contributed by atoms with Crippen LogP contribution in [0.3, 0.4) is 0 Å². The molecule has 6 nitrogen and oxygen atoms in total. The van der Waals surface area contributed by atoms with Gasteiger partial charge in [0.05, 0.1) is 7.11 Å². The van der Waals surface area contributed by atoms with Crippen LogP contribution in [0, 0.1) is 0 Å². The van der Waals surface area contributed by atoms with Gasteiger partial charge in [-0.25, -0.2) is 4.79 Å². The summed E-state index contributed by atoms with van der Waals surface area (Å²) in [4.78, 5) is 27.8. The number of hydrogen-bond acceptors (Lipinski definition) is 6. The van der Waals surface area contributed by atoms with Crippen molar-refractivity contribution >= 4 is 35.0 Å². The molecule has 0 radical (unpaired) electrons. The van der Waals surface area contributed by atoms with Crippen molar-refractivity contribution in [2.45, 2.75) is 24.2 Å². The summed E-state index contributed by atoms with van der Waals surface area (Å²) in [7, 11) is 1.50. The number of nitrogens with one attached hydrogen (secondary N) is 1. The smallest absolute Gasteiger partial charge is 0.342 e. The number of carbonyl (C=O) groups is 2. The number of benzene rings is 2. The van der Waals surface area contributed by atoms with Crippen molar-refractivity contribution in [2.24, 2.45) is 0 Å². The first-order chi connectivity index (χ1) is 14.1. The van der Waals surface area contributed by atoms with E-state index < -0.39 is 5.97 Å². The van der Waals surface area contributed by atoms with E-state index in [0.29, 0.717) is 17.0 Å². The van der Waals surface area contributed by atoms with Gasteiger partial charge in [-0.05, 0) is 68.0 Å². The molecule has 2 aromatic carbocycles. The molecule has 0 atom stereocenters. The standard InChI is InChI=1S/C22H26N2O4S/c1-27-20-14-18(29-2)10-11-19(20)22(26)28-15-21(25)23-16-6-8-17(9-7-16)24-12-4-3-5-13-24/h6-11,14H,3-5,12-13,15H2,1-2H3,(H,23,25). The molecule has 1 aliphatic rings. The minimum Gasteiger partial charge on any atom is -0.496 e. The molecule has 2 aromatic rings. The van der Waals surface area contributed by atoms with Gasteiger partial charge in [-0.15, -0.1) is 11.8 Å². The molecule has 1 saturated heterocycles. The number of esters is 1. The highest BCUT2D eigenvalue weighted by Gasteiger charge is 2.16. The second kappa shape index (κ2) is 10.2. The number of thioether (sulfide) groups is 1.